The lowest BCUT2D eigenvalue weighted by atomic mass is 10.0. The number of methoxy groups -OCH3 is 1. The molecule has 1 aliphatic rings. The molecule has 0 unspecified atom stereocenters. The molecule has 0 radical (unpaired) electrons. The predicted octanol–water partition coefficient (Wildman–Crippen LogP) is 5.14. The fourth-order valence-electron chi connectivity index (χ4n) is 3.66. The van der Waals surface area contributed by atoms with Gasteiger partial charge in [0.25, 0.3) is 11.1 Å². The molecule has 3 aromatic carbocycles. The second-order valence-corrected chi connectivity index (χ2v) is 8.53. The second-order valence-electron chi connectivity index (χ2n) is 7.54. The van der Waals surface area contributed by atoms with Crippen molar-refractivity contribution in [1.82, 2.24) is 4.90 Å². The van der Waals surface area contributed by atoms with Gasteiger partial charge in [0.05, 0.1) is 12.0 Å². The molecule has 0 saturated carbocycles. The van der Waals surface area contributed by atoms with E-state index in [2.05, 4.69) is 5.32 Å². The summed E-state index contributed by atoms with van der Waals surface area (Å²) in [5, 5.41) is 4.20. The van der Waals surface area contributed by atoms with Crippen LogP contribution in [0.2, 0.25) is 0 Å². The quantitative estimate of drug-likeness (QED) is 0.549. The van der Waals surface area contributed by atoms with Crippen molar-refractivity contribution >= 4 is 51.4 Å². The summed E-state index contributed by atoms with van der Waals surface area (Å²) in [7, 11) is 1.56. The van der Waals surface area contributed by atoms with Crippen LogP contribution in [0.4, 0.5) is 10.5 Å². The number of carbonyl (C=O) groups is 3. The van der Waals surface area contributed by atoms with Crippen LogP contribution in [0.25, 0.3) is 16.8 Å². The summed E-state index contributed by atoms with van der Waals surface area (Å²) in [6.45, 7) is 3.52. The van der Waals surface area contributed by atoms with E-state index in [1.165, 1.54) is 0 Å². The van der Waals surface area contributed by atoms with E-state index in [9.17, 15) is 14.4 Å². The summed E-state index contributed by atoms with van der Waals surface area (Å²) in [4.78, 5) is 39.2. The number of amides is 3. The van der Waals surface area contributed by atoms with Crippen molar-refractivity contribution in [3.05, 3.63) is 76.2 Å². The Kier molecular flexibility index (Phi) is 6.01. The van der Waals surface area contributed by atoms with Crippen molar-refractivity contribution < 1.29 is 19.1 Å². The average Bonchev–Trinajstić information content (AvgIpc) is 3.03. The zero-order chi connectivity index (χ0) is 22.8. The van der Waals surface area contributed by atoms with Crippen molar-refractivity contribution in [3.63, 3.8) is 0 Å². The highest BCUT2D eigenvalue weighted by Gasteiger charge is 2.36. The molecule has 0 aliphatic carbocycles. The Morgan fingerprint density at radius 2 is 1.88 bits per heavy atom. The zero-order valence-corrected chi connectivity index (χ0v) is 18.8. The number of fused-ring (bicyclic) bond motifs is 1. The van der Waals surface area contributed by atoms with Crippen LogP contribution in [0, 0.1) is 13.8 Å². The van der Waals surface area contributed by atoms with E-state index < -0.39 is 17.1 Å². The first-order valence-corrected chi connectivity index (χ1v) is 10.9. The Balaban J connectivity index is 1.58. The minimum Gasteiger partial charge on any atom is -0.496 e. The summed E-state index contributed by atoms with van der Waals surface area (Å²) in [5.41, 5.74) is 3.37. The maximum Gasteiger partial charge on any atom is 0.294 e. The Labute approximate surface area is 190 Å². The van der Waals surface area contributed by atoms with Crippen molar-refractivity contribution in [2.75, 3.05) is 19.0 Å². The van der Waals surface area contributed by atoms with Crippen molar-refractivity contribution in [2.45, 2.75) is 13.8 Å². The van der Waals surface area contributed by atoms with E-state index in [4.69, 9.17) is 4.74 Å². The monoisotopic (exact) mass is 446 g/mol. The molecule has 3 amide bonds. The summed E-state index contributed by atoms with van der Waals surface area (Å²) >= 11 is 0.821. The van der Waals surface area contributed by atoms with Crippen LogP contribution in [0.1, 0.15) is 16.7 Å². The van der Waals surface area contributed by atoms with Crippen molar-refractivity contribution in [3.8, 4) is 5.75 Å². The van der Waals surface area contributed by atoms with Gasteiger partial charge in [0.2, 0.25) is 5.91 Å². The lowest BCUT2D eigenvalue weighted by molar-refractivity contribution is -0.127. The standard InChI is InChI=1S/C25H22N2O4S/c1-15-8-10-20(16(2)12-15)26-23(28)14-27-24(29)22(32-25(27)30)13-19-18-7-5-4-6-17(18)9-11-21(19)31-3/h4-13H,14H2,1-3H3,(H,26,28)/b22-13+. The van der Waals surface area contributed by atoms with Gasteiger partial charge >= 0.3 is 0 Å². The summed E-state index contributed by atoms with van der Waals surface area (Å²) < 4.78 is 5.48. The Morgan fingerprint density at radius 3 is 2.62 bits per heavy atom. The largest absolute Gasteiger partial charge is 0.496 e. The van der Waals surface area contributed by atoms with E-state index in [-0.39, 0.29) is 11.4 Å². The Hall–Kier alpha value is -3.58. The molecule has 1 heterocycles. The van der Waals surface area contributed by atoms with E-state index >= 15 is 0 Å². The molecule has 6 nitrogen and oxygen atoms in total. The molecule has 4 rings (SSSR count). The van der Waals surface area contributed by atoms with Gasteiger partial charge in [-0.2, -0.15) is 0 Å². The normalized spacial score (nSPS) is 15.0. The number of carbonyl (C=O) groups excluding carboxylic acids is 3. The maximum atomic E-state index is 13.0. The number of aryl methyl sites for hydroxylation is 2. The van der Waals surface area contributed by atoms with Gasteiger partial charge in [-0.1, -0.05) is 48.0 Å². The molecule has 7 heteroatoms. The lowest BCUT2D eigenvalue weighted by Crippen LogP contribution is -2.36. The van der Waals surface area contributed by atoms with Gasteiger partial charge in [-0.15, -0.1) is 0 Å². The van der Waals surface area contributed by atoms with Gasteiger partial charge in [0, 0.05) is 11.3 Å². The third kappa shape index (κ3) is 4.24. The molecule has 0 atom stereocenters. The molecule has 0 spiro atoms. The van der Waals surface area contributed by atoms with E-state index in [1.54, 1.807) is 13.2 Å². The van der Waals surface area contributed by atoms with Gasteiger partial charge in [0.1, 0.15) is 12.3 Å². The summed E-state index contributed by atoms with van der Waals surface area (Å²) in [6.07, 6.45) is 1.66. The van der Waals surface area contributed by atoms with Crippen LogP contribution in [-0.4, -0.2) is 35.6 Å². The van der Waals surface area contributed by atoms with E-state index in [1.807, 2.05) is 68.4 Å². The number of thioether (sulfide) groups is 1. The third-order valence-electron chi connectivity index (χ3n) is 5.26. The van der Waals surface area contributed by atoms with E-state index in [0.717, 1.165) is 44.1 Å². The van der Waals surface area contributed by atoms with Crippen LogP contribution in [-0.2, 0) is 9.59 Å². The fourth-order valence-corrected chi connectivity index (χ4v) is 4.48. The number of hydrogen-bond acceptors (Lipinski definition) is 5. The molecular weight excluding hydrogens is 424 g/mol. The van der Waals surface area contributed by atoms with Crippen molar-refractivity contribution in [2.24, 2.45) is 0 Å². The maximum absolute atomic E-state index is 13.0. The topological polar surface area (TPSA) is 75.7 Å². The molecule has 3 aromatic rings. The highest BCUT2D eigenvalue weighted by atomic mass is 32.2. The highest BCUT2D eigenvalue weighted by molar-refractivity contribution is 8.18. The molecule has 32 heavy (non-hydrogen) atoms. The number of imide groups is 1. The SMILES string of the molecule is COc1ccc2ccccc2c1/C=C1/SC(=O)N(CC(=O)Nc2ccc(C)cc2C)C1=O. The van der Waals surface area contributed by atoms with Crippen LogP contribution in [0.3, 0.4) is 0 Å². The van der Waals surface area contributed by atoms with E-state index in [0.29, 0.717) is 11.4 Å². The molecule has 1 fully saturated rings. The van der Waals surface area contributed by atoms with Crippen molar-refractivity contribution in [1.29, 1.82) is 0 Å². The Bertz CT molecular complexity index is 1280. The molecule has 1 N–H and O–H groups in total. The van der Waals surface area contributed by atoms with Crippen LogP contribution < -0.4 is 10.1 Å². The first kappa shape index (κ1) is 21.6. The minimum absolute atomic E-state index is 0.254. The third-order valence-corrected chi connectivity index (χ3v) is 6.16. The second kappa shape index (κ2) is 8.88. The number of nitrogens with zero attached hydrogens (tertiary/aromatic N) is 1. The van der Waals surface area contributed by atoms with Crippen LogP contribution in [0.15, 0.2) is 59.5 Å². The van der Waals surface area contributed by atoms with Gasteiger partial charge in [-0.25, -0.2) is 0 Å². The smallest absolute Gasteiger partial charge is 0.294 e. The first-order chi connectivity index (χ1) is 15.4. The van der Waals surface area contributed by atoms with Gasteiger partial charge in [-0.05, 0) is 60.2 Å². The number of benzene rings is 3. The lowest BCUT2D eigenvalue weighted by Gasteiger charge is -2.14. The molecule has 0 aromatic heterocycles. The number of rotatable bonds is 5. The summed E-state index contributed by atoms with van der Waals surface area (Å²) in [6, 6.07) is 17.2. The number of anilines is 1. The number of hydrogen-bond donors (Lipinski definition) is 1. The minimum atomic E-state index is -0.495. The summed E-state index contributed by atoms with van der Waals surface area (Å²) in [5.74, 6) is -0.322. The predicted molar refractivity (Wildman–Crippen MR) is 128 cm³/mol. The first-order valence-electron chi connectivity index (χ1n) is 10.1. The molecule has 0 bridgehead atoms. The number of nitrogens with one attached hydrogen (secondary N) is 1. The zero-order valence-electron chi connectivity index (χ0n) is 18.0. The molecule has 1 saturated heterocycles. The van der Waals surface area contributed by atoms with Gasteiger partial charge in [-0.3, -0.25) is 19.3 Å². The Morgan fingerprint density at radius 1 is 1.09 bits per heavy atom. The molecular formula is C25H22N2O4S. The number of ether oxygens (including phenoxy) is 1. The molecule has 1 aliphatic heterocycles. The highest BCUT2D eigenvalue weighted by Crippen LogP contribution is 2.36. The van der Waals surface area contributed by atoms with Gasteiger partial charge in [0.15, 0.2) is 0 Å². The van der Waals surface area contributed by atoms with Crippen LogP contribution >= 0.6 is 11.8 Å². The molecule has 162 valence electrons. The van der Waals surface area contributed by atoms with Crippen LogP contribution in [0.5, 0.6) is 5.75 Å². The fraction of sp³-hybridized carbons (Fsp3) is 0.160. The van der Waals surface area contributed by atoms with Gasteiger partial charge < -0.3 is 10.1 Å². The average molecular weight is 447 g/mol.